The van der Waals surface area contributed by atoms with E-state index in [0.29, 0.717) is 6.04 Å². The summed E-state index contributed by atoms with van der Waals surface area (Å²) >= 11 is 0. The summed E-state index contributed by atoms with van der Waals surface area (Å²) in [6.07, 6.45) is 11.7. The fourth-order valence-electron chi connectivity index (χ4n) is 4.82. The summed E-state index contributed by atoms with van der Waals surface area (Å²) < 4.78 is 26.7. The van der Waals surface area contributed by atoms with E-state index >= 15 is 0 Å². The molecular formula is C22H35FN2OS. The van der Waals surface area contributed by atoms with Crippen molar-refractivity contribution in [2.24, 2.45) is 11.8 Å². The Morgan fingerprint density at radius 2 is 1.81 bits per heavy atom. The first-order valence-electron chi connectivity index (χ1n) is 10.5. The van der Waals surface area contributed by atoms with Crippen molar-refractivity contribution in [3.05, 3.63) is 35.6 Å². The third-order valence-electron chi connectivity index (χ3n) is 6.65. The molecule has 27 heavy (non-hydrogen) atoms. The zero-order chi connectivity index (χ0) is 19.2. The maximum absolute atomic E-state index is 13.0. The molecule has 1 saturated heterocycles. The lowest BCUT2D eigenvalue weighted by atomic mass is 9.90. The maximum Gasteiger partial charge on any atom is 0.123 e. The largest absolute Gasteiger partial charge is 0.303 e. The number of nitrogens with zero attached hydrogens (tertiary/aromatic N) is 2. The van der Waals surface area contributed by atoms with Gasteiger partial charge in [-0.1, -0.05) is 18.6 Å². The van der Waals surface area contributed by atoms with Crippen LogP contribution in [0.2, 0.25) is 0 Å². The minimum atomic E-state index is -0.844. The van der Waals surface area contributed by atoms with Gasteiger partial charge < -0.3 is 4.90 Å². The van der Waals surface area contributed by atoms with Crippen molar-refractivity contribution in [1.29, 1.82) is 0 Å². The van der Waals surface area contributed by atoms with Crippen molar-refractivity contribution in [3.8, 4) is 0 Å². The van der Waals surface area contributed by atoms with E-state index in [1.165, 1.54) is 70.1 Å². The van der Waals surface area contributed by atoms with Gasteiger partial charge in [-0.3, -0.25) is 0 Å². The first-order valence-corrected chi connectivity index (χ1v) is 12.1. The Morgan fingerprint density at radius 1 is 1.11 bits per heavy atom. The van der Waals surface area contributed by atoms with E-state index in [1.807, 2.05) is 23.5 Å². The number of rotatable bonds is 8. The molecule has 0 bridgehead atoms. The molecule has 0 N–H and O–H groups in total. The van der Waals surface area contributed by atoms with Crippen LogP contribution in [0.3, 0.4) is 0 Å². The minimum Gasteiger partial charge on any atom is -0.303 e. The highest BCUT2D eigenvalue weighted by Crippen LogP contribution is 2.31. The molecule has 0 amide bonds. The summed E-state index contributed by atoms with van der Waals surface area (Å²) in [6, 6.07) is 7.47. The lowest BCUT2D eigenvalue weighted by Gasteiger charge is -2.33. The van der Waals surface area contributed by atoms with E-state index in [-0.39, 0.29) is 5.82 Å². The van der Waals surface area contributed by atoms with Crippen molar-refractivity contribution in [2.45, 2.75) is 57.4 Å². The molecule has 3 atom stereocenters. The van der Waals surface area contributed by atoms with Crippen LogP contribution in [-0.4, -0.2) is 52.4 Å². The highest BCUT2D eigenvalue weighted by Gasteiger charge is 2.31. The number of piperidine rings is 1. The fraction of sp³-hybridized carbons (Fsp3) is 0.727. The molecule has 0 radical (unpaired) electrons. The molecule has 1 saturated carbocycles. The van der Waals surface area contributed by atoms with E-state index in [2.05, 4.69) is 4.90 Å². The van der Waals surface area contributed by atoms with Crippen LogP contribution in [0.15, 0.2) is 24.3 Å². The van der Waals surface area contributed by atoms with Crippen LogP contribution in [0.5, 0.6) is 0 Å². The van der Waals surface area contributed by atoms with Crippen LogP contribution in [0.1, 0.15) is 50.5 Å². The number of hydrogen-bond donors (Lipinski definition) is 0. The Labute approximate surface area is 166 Å². The quantitative estimate of drug-likeness (QED) is 0.658. The average molecular weight is 395 g/mol. The number of hydrogen-bond acceptors (Lipinski definition) is 2. The van der Waals surface area contributed by atoms with Crippen molar-refractivity contribution in [2.75, 3.05) is 32.9 Å². The van der Waals surface area contributed by atoms with E-state index in [4.69, 9.17) is 0 Å². The molecule has 1 aliphatic carbocycles. The molecule has 5 heteroatoms. The normalized spacial score (nSPS) is 25.9. The second-order valence-corrected chi connectivity index (χ2v) is 9.99. The zero-order valence-electron chi connectivity index (χ0n) is 16.9. The summed E-state index contributed by atoms with van der Waals surface area (Å²) in [7, 11) is 1.16. The lowest BCUT2D eigenvalue weighted by Crippen LogP contribution is -2.37. The molecule has 1 aromatic carbocycles. The van der Waals surface area contributed by atoms with Crippen molar-refractivity contribution < 1.29 is 8.60 Å². The van der Waals surface area contributed by atoms with Gasteiger partial charge in [0.1, 0.15) is 5.82 Å². The molecule has 3 unspecified atom stereocenters. The third kappa shape index (κ3) is 6.37. The van der Waals surface area contributed by atoms with Crippen LogP contribution >= 0.6 is 0 Å². The van der Waals surface area contributed by atoms with Gasteiger partial charge in [-0.15, -0.1) is 0 Å². The number of likely N-dealkylation sites (tertiary alicyclic amines) is 1. The van der Waals surface area contributed by atoms with Crippen LogP contribution < -0.4 is 0 Å². The van der Waals surface area contributed by atoms with Gasteiger partial charge in [0.2, 0.25) is 0 Å². The summed E-state index contributed by atoms with van der Waals surface area (Å²) in [6.45, 7) is 3.69. The van der Waals surface area contributed by atoms with Gasteiger partial charge in [-0.05, 0) is 87.6 Å². The Balaban J connectivity index is 1.31. The van der Waals surface area contributed by atoms with Crippen LogP contribution in [0.4, 0.5) is 4.39 Å². The second kappa shape index (κ2) is 10.1. The van der Waals surface area contributed by atoms with Gasteiger partial charge in [-0.25, -0.2) is 12.9 Å². The Morgan fingerprint density at radius 3 is 2.48 bits per heavy atom. The Hall–Kier alpha value is -0.780. The lowest BCUT2D eigenvalue weighted by molar-refractivity contribution is 0.154. The standard InChI is InChI=1S/C22H35FN2OS/c1-24(27(2)26)22-11-8-20(16-22)17-25-14-12-19(13-15-25)5-3-4-18-6-9-21(23)10-7-18/h6-7,9-10,19-20,22H,3-5,8,11-17H2,1-2H3. The molecule has 1 aromatic rings. The van der Waals surface area contributed by atoms with Crippen molar-refractivity contribution in [1.82, 2.24) is 9.21 Å². The fourth-order valence-corrected chi connectivity index (χ4v) is 5.43. The maximum atomic E-state index is 13.0. The highest BCUT2D eigenvalue weighted by molar-refractivity contribution is 7.81. The first kappa shape index (κ1) is 20.9. The van der Waals surface area contributed by atoms with Crippen molar-refractivity contribution in [3.63, 3.8) is 0 Å². The second-order valence-electron chi connectivity index (χ2n) is 8.57. The molecule has 2 fully saturated rings. The summed E-state index contributed by atoms with van der Waals surface area (Å²) in [5.74, 6) is 1.48. The molecule has 1 aliphatic heterocycles. The number of benzene rings is 1. The Bertz CT molecular complexity index is 601. The average Bonchev–Trinajstić information content (AvgIpc) is 3.12. The van der Waals surface area contributed by atoms with E-state index in [0.717, 1.165) is 18.3 Å². The van der Waals surface area contributed by atoms with Gasteiger partial charge in [0.15, 0.2) is 0 Å². The molecule has 3 nitrogen and oxygen atoms in total. The molecule has 152 valence electrons. The van der Waals surface area contributed by atoms with Crippen molar-refractivity contribution >= 4 is 11.0 Å². The van der Waals surface area contributed by atoms with E-state index < -0.39 is 11.0 Å². The summed E-state index contributed by atoms with van der Waals surface area (Å²) in [5, 5.41) is 0. The van der Waals surface area contributed by atoms with E-state index in [9.17, 15) is 8.60 Å². The summed E-state index contributed by atoms with van der Waals surface area (Å²) in [4.78, 5) is 2.66. The Kier molecular flexibility index (Phi) is 7.86. The SMILES string of the molecule is CN(C1CCC(CN2CCC(CCCc3ccc(F)cc3)CC2)C1)S(C)=O. The number of halogens is 1. The third-order valence-corrected chi connectivity index (χ3v) is 7.76. The van der Waals surface area contributed by atoms with Gasteiger partial charge in [0, 0.05) is 25.9 Å². The van der Waals surface area contributed by atoms with Crippen LogP contribution in [0.25, 0.3) is 0 Å². The van der Waals surface area contributed by atoms with Crippen LogP contribution in [-0.2, 0) is 17.4 Å². The molecular weight excluding hydrogens is 359 g/mol. The monoisotopic (exact) mass is 394 g/mol. The molecule has 3 rings (SSSR count). The predicted molar refractivity (Wildman–Crippen MR) is 111 cm³/mol. The predicted octanol–water partition coefficient (Wildman–Crippen LogP) is 4.25. The molecule has 0 aromatic heterocycles. The van der Waals surface area contributed by atoms with Gasteiger partial charge in [-0.2, -0.15) is 0 Å². The molecule has 1 heterocycles. The molecule has 0 spiro atoms. The topological polar surface area (TPSA) is 23.6 Å². The first-order chi connectivity index (χ1) is 13.0. The van der Waals surface area contributed by atoms with Gasteiger partial charge in [0.05, 0.1) is 11.0 Å². The van der Waals surface area contributed by atoms with Crippen LogP contribution in [0, 0.1) is 17.7 Å². The summed E-state index contributed by atoms with van der Waals surface area (Å²) in [5.41, 5.74) is 1.25. The smallest absolute Gasteiger partial charge is 0.123 e. The molecule has 2 aliphatic rings. The zero-order valence-corrected chi connectivity index (χ0v) is 17.7. The minimum absolute atomic E-state index is 0.144. The highest BCUT2D eigenvalue weighted by atomic mass is 32.2. The van der Waals surface area contributed by atoms with Gasteiger partial charge >= 0.3 is 0 Å². The van der Waals surface area contributed by atoms with Gasteiger partial charge in [0.25, 0.3) is 0 Å². The number of aryl methyl sites for hydroxylation is 1. The van der Waals surface area contributed by atoms with E-state index in [1.54, 1.807) is 18.4 Å².